The summed E-state index contributed by atoms with van der Waals surface area (Å²) >= 11 is 0. The topological polar surface area (TPSA) is 76.1 Å². The second-order valence-corrected chi connectivity index (χ2v) is 5.96. The van der Waals surface area contributed by atoms with Gasteiger partial charge in [0, 0.05) is 25.5 Å². The lowest BCUT2D eigenvalue weighted by Gasteiger charge is -2.09. The summed E-state index contributed by atoms with van der Waals surface area (Å²) in [4.78, 5) is 20.6. The summed E-state index contributed by atoms with van der Waals surface area (Å²) in [5, 5.41) is 6.15. The van der Waals surface area contributed by atoms with Gasteiger partial charge in [0.1, 0.15) is 11.4 Å². The van der Waals surface area contributed by atoms with Gasteiger partial charge in [-0.15, -0.1) is 0 Å². The third-order valence-corrected chi connectivity index (χ3v) is 4.09. The molecule has 0 saturated heterocycles. The average molecular weight is 362 g/mol. The normalized spacial score (nSPS) is 10.3. The van der Waals surface area contributed by atoms with Gasteiger partial charge in [-0.1, -0.05) is 24.3 Å². The van der Waals surface area contributed by atoms with Crippen LogP contribution in [0.25, 0.3) is 0 Å². The first-order chi connectivity index (χ1) is 13.3. The first-order valence-corrected chi connectivity index (χ1v) is 8.75. The molecule has 0 unspecified atom stereocenters. The zero-order valence-corrected chi connectivity index (χ0v) is 15.2. The van der Waals surface area contributed by atoms with E-state index in [1.54, 1.807) is 25.6 Å². The van der Waals surface area contributed by atoms with Crippen LogP contribution in [0.2, 0.25) is 0 Å². The number of carbonyl (C=O) groups is 1. The Morgan fingerprint density at radius 1 is 1.07 bits per heavy atom. The Balaban J connectivity index is 1.48. The molecule has 0 radical (unpaired) electrons. The van der Waals surface area contributed by atoms with E-state index < -0.39 is 0 Å². The Hall–Kier alpha value is -3.41. The highest BCUT2D eigenvalue weighted by Gasteiger charge is 2.08. The van der Waals surface area contributed by atoms with Crippen LogP contribution in [0.5, 0.6) is 5.75 Å². The van der Waals surface area contributed by atoms with Crippen molar-refractivity contribution in [1.29, 1.82) is 0 Å². The summed E-state index contributed by atoms with van der Waals surface area (Å²) < 4.78 is 5.32. The minimum absolute atomic E-state index is 0.191. The number of amides is 1. The number of nitrogens with zero attached hydrogens (tertiary/aromatic N) is 2. The molecule has 0 bridgehead atoms. The molecule has 2 N–H and O–H groups in total. The van der Waals surface area contributed by atoms with Gasteiger partial charge in [-0.2, -0.15) is 0 Å². The molecule has 3 aromatic rings. The Labute approximate surface area is 158 Å². The number of anilines is 1. The number of benzene rings is 1. The third-order valence-electron chi connectivity index (χ3n) is 4.09. The van der Waals surface area contributed by atoms with Crippen LogP contribution in [0.4, 0.5) is 5.69 Å². The molecule has 3 rings (SSSR count). The fourth-order valence-corrected chi connectivity index (χ4v) is 2.65. The number of ether oxygens (including phenoxy) is 1. The minimum Gasteiger partial charge on any atom is -0.496 e. The summed E-state index contributed by atoms with van der Waals surface area (Å²) in [6, 6.07) is 15.2. The van der Waals surface area contributed by atoms with E-state index in [0.717, 1.165) is 22.6 Å². The van der Waals surface area contributed by atoms with Crippen molar-refractivity contribution in [3.8, 4) is 5.75 Å². The number of hydrogen-bond donors (Lipinski definition) is 2. The zero-order chi connectivity index (χ0) is 18.9. The zero-order valence-electron chi connectivity index (χ0n) is 15.2. The molecular weight excluding hydrogens is 340 g/mol. The van der Waals surface area contributed by atoms with E-state index in [-0.39, 0.29) is 5.91 Å². The number of para-hydroxylation sites is 1. The van der Waals surface area contributed by atoms with Crippen molar-refractivity contribution in [1.82, 2.24) is 15.3 Å². The van der Waals surface area contributed by atoms with Crippen LogP contribution in [0.1, 0.15) is 21.6 Å². The first-order valence-electron chi connectivity index (χ1n) is 8.75. The second-order valence-electron chi connectivity index (χ2n) is 5.96. The predicted molar refractivity (Wildman–Crippen MR) is 105 cm³/mol. The maximum atomic E-state index is 12.2. The van der Waals surface area contributed by atoms with Gasteiger partial charge in [0.05, 0.1) is 19.0 Å². The Kier molecular flexibility index (Phi) is 6.35. The number of rotatable bonds is 8. The van der Waals surface area contributed by atoms with Crippen LogP contribution in [0.3, 0.4) is 0 Å². The van der Waals surface area contributed by atoms with Crippen molar-refractivity contribution in [3.05, 3.63) is 83.9 Å². The lowest BCUT2D eigenvalue weighted by molar-refractivity contribution is 0.0949. The molecule has 1 amide bonds. The molecule has 0 aliphatic rings. The van der Waals surface area contributed by atoms with E-state index in [0.29, 0.717) is 25.2 Å². The van der Waals surface area contributed by atoms with E-state index in [4.69, 9.17) is 4.74 Å². The van der Waals surface area contributed by atoms with E-state index in [1.807, 2.05) is 48.7 Å². The van der Waals surface area contributed by atoms with Crippen LogP contribution in [0.15, 0.2) is 67.1 Å². The second kappa shape index (κ2) is 9.33. The summed E-state index contributed by atoms with van der Waals surface area (Å²) in [6.45, 7) is 1.17. The van der Waals surface area contributed by atoms with Crippen molar-refractivity contribution < 1.29 is 9.53 Å². The molecule has 2 aromatic heterocycles. The molecule has 6 heteroatoms. The number of pyridine rings is 2. The van der Waals surface area contributed by atoms with E-state index in [9.17, 15) is 4.79 Å². The average Bonchev–Trinajstić information content (AvgIpc) is 2.73. The van der Waals surface area contributed by atoms with Gasteiger partial charge >= 0.3 is 0 Å². The Morgan fingerprint density at radius 2 is 1.96 bits per heavy atom. The molecule has 0 aliphatic heterocycles. The summed E-state index contributed by atoms with van der Waals surface area (Å²) in [5.74, 6) is 0.637. The lowest BCUT2D eigenvalue weighted by Crippen LogP contribution is -2.26. The molecule has 27 heavy (non-hydrogen) atoms. The highest BCUT2D eigenvalue weighted by atomic mass is 16.5. The number of aromatic nitrogens is 2. The van der Waals surface area contributed by atoms with Gasteiger partial charge in [-0.3, -0.25) is 9.78 Å². The van der Waals surface area contributed by atoms with Gasteiger partial charge in [0.15, 0.2) is 0 Å². The van der Waals surface area contributed by atoms with E-state index in [2.05, 4.69) is 20.6 Å². The van der Waals surface area contributed by atoms with E-state index in [1.165, 1.54) is 0 Å². The molecule has 0 spiro atoms. The predicted octanol–water partition coefficient (Wildman–Crippen LogP) is 3.07. The molecule has 1 aromatic carbocycles. The van der Waals surface area contributed by atoms with Crippen molar-refractivity contribution >= 4 is 11.6 Å². The standard InChI is InChI=1S/C21H22N4O2/c1-27-20-7-3-2-6-17(20)10-12-23-21(26)19-9-8-18(15-25-19)24-14-16-5-4-11-22-13-16/h2-9,11,13,15,24H,10,12,14H2,1H3,(H,23,26). The van der Waals surface area contributed by atoms with Crippen molar-refractivity contribution in [2.45, 2.75) is 13.0 Å². The van der Waals surface area contributed by atoms with Crippen LogP contribution < -0.4 is 15.4 Å². The fraction of sp³-hybridized carbons (Fsp3) is 0.190. The number of methoxy groups -OCH3 is 1. The smallest absolute Gasteiger partial charge is 0.269 e. The summed E-state index contributed by atoms with van der Waals surface area (Å²) in [7, 11) is 1.64. The molecule has 0 aliphatic carbocycles. The summed E-state index contributed by atoms with van der Waals surface area (Å²) in [5.41, 5.74) is 3.38. The van der Waals surface area contributed by atoms with Crippen LogP contribution in [-0.2, 0) is 13.0 Å². The number of carbonyl (C=O) groups excluding carboxylic acids is 1. The van der Waals surface area contributed by atoms with E-state index >= 15 is 0 Å². The molecular formula is C21H22N4O2. The quantitative estimate of drug-likeness (QED) is 0.644. The maximum Gasteiger partial charge on any atom is 0.269 e. The van der Waals surface area contributed by atoms with Gasteiger partial charge in [0.2, 0.25) is 0 Å². The molecule has 138 valence electrons. The largest absolute Gasteiger partial charge is 0.496 e. The van der Waals surface area contributed by atoms with Crippen molar-refractivity contribution in [2.75, 3.05) is 19.0 Å². The lowest BCUT2D eigenvalue weighted by atomic mass is 10.1. The van der Waals surface area contributed by atoms with Gasteiger partial charge in [-0.05, 0) is 41.8 Å². The van der Waals surface area contributed by atoms with Crippen LogP contribution in [-0.4, -0.2) is 29.5 Å². The van der Waals surface area contributed by atoms with Gasteiger partial charge in [-0.25, -0.2) is 4.98 Å². The molecule has 0 fully saturated rings. The first kappa shape index (κ1) is 18.4. The summed E-state index contributed by atoms with van der Waals surface area (Å²) in [6.07, 6.45) is 5.91. The van der Waals surface area contributed by atoms with Crippen LogP contribution >= 0.6 is 0 Å². The molecule has 6 nitrogen and oxygen atoms in total. The molecule has 0 atom stereocenters. The highest BCUT2D eigenvalue weighted by molar-refractivity contribution is 5.92. The Morgan fingerprint density at radius 3 is 2.70 bits per heavy atom. The Bertz CT molecular complexity index is 867. The van der Waals surface area contributed by atoms with Crippen molar-refractivity contribution in [2.24, 2.45) is 0 Å². The van der Waals surface area contributed by atoms with Crippen molar-refractivity contribution in [3.63, 3.8) is 0 Å². The maximum absolute atomic E-state index is 12.2. The number of hydrogen-bond acceptors (Lipinski definition) is 5. The fourth-order valence-electron chi connectivity index (χ4n) is 2.65. The molecule has 2 heterocycles. The van der Waals surface area contributed by atoms with Crippen LogP contribution in [0, 0.1) is 0 Å². The molecule has 0 saturated carbocycles. The van der Waals surface area contributed by atoms with Gasteiger partial charge < -0.3 is 15.4 Å². The van der Waals surface area contributed by atoms with Gasteiger partial charge in [0.25, 0.3) is 5.91 Å². The monoisotopic (exact) mass is 362 g/mol. The highest BCUT2D eigenvalue weighted by Crippen LogP contribution is 2.17. The minimum atomic E-state index is -0.191. The number of nitrogens with one attached hydrogen (secondary N) is 2. The third kappa shape index (κ3) is 5.28. The SMILES string of the molecule is COc1ccccc1CCNC(=O)c1ccc(NCc2cccnc2)cn1.